The Hall–Kier alpha value is -3.50. The van der Waals surface area contributed by atoms with Crippen LogP contribution in [0.25, 0.3) is 5.82 Å². The molecule has 0 aliphatic rings. The van der Waals surface area contributed by atoms with Crippen LogP contribution in [0.4, 0.5) is 5.82 Å². The number of methoxy groups -OCH3 is 3. The van der Waals surface area contributed by atoms with Crippen molar-refractivity contribution in [3.63, 3.8) is 0 Å². The van der Waals surface area contributed by atoms with E-state index in [1.165, 1.54) is 50.4 Å². The first kappa shape index (κ1) is 24.1. The molecular weight excluding hydrogens is 473 g/mol. The normalized spacial score (nSPS) is 10.5. The molecule has 3 aromatic rings. The largest absolute Gasteiger partial charge is 0.493 e. The third-order valence-electron chi connectivity index (χ3n) is 4.42. The van der Waals surface area contributed by atoms with Gasteiger partial charge in [-0.1, -0.05) is 23.2 Å². The maximum atomic E-state index is 12.6. The number of halogens is 2. The lowest BCUT2D eigenvalue weighted by Gasteiger charge is -2.14. The Labute approximate surface area is 199 Å². The van der Waals surface area contributed by atoms with E-state index in [0.29, 0.717) is 39.6 Å². The first-order valence-corrected chi connectivity index (χ1v) is 10.3. The molecular formula is C21H21Cl2N5O5. The van der Waals surface area contributed by atoms with Gasteiger partial charge >= 0.3 is 0 Å². The number of ether oxygens (including phenoxy) is 3. The van der Waals surface area contributed by atoms with E-state index >= 15 is 0 Å². The number of hydrogen-bond donors (Lipinski definition) is 2. The first-order chi connectivity index (χ1) is 15.8. The summed E-state index contributed by atoms with van der Waals surface area (Å²) in [5, 5.41) is 10.2. The number of aryl methyl sites for hydroxylation is 1. The van der Waals surface area contributed by atoms with E-state index in [2.05, 4.69) is 20.7 Å². The minimum Gasteiger partial charge on any atom is -0.493 e. The average molecular weight is 494 g/mol. The summed E-state index contributed by atoms with van der Waals surface area (Å²) in [6.07, 6.45) is 1.42. The van der Waals surface area contributed by atoms with Crippen LogP contribution in [0.15, 0.2) is 30.5 Å². The average Bonchev–Trinajstić information content (AvgIpc) is 3.15. The number of nitrogens with one attached hydrogen (secondary N) is 2. The number of anilines is 1. The molecule has 3 rings (SSSR count). The minimum atomic E-state index is -0.503. The van der Waals surface area contributed by atoms with Crippen molar-refractivity contribution in [3.8, 4) is 23.1 Å². The molecule has 2 N–H and O–H groups in total. The number of rotatable bonds is 8. The van der Waals surface area contributed by atoms with Crippen molar-refractivity contribution in [3.05, 3.63) is 51.8 Å². The number of amides is 2. The van der Waals surface area contributed by atoms with Crippen molar-refractivity contribution >= 4 is 40.8 Å². The van der Waals surface area contributed by atoms with Crippen LogP contribution < -0.4 is 24.8 Å². The van der Waals surface area contributed by atoms with Gasteiger partial charge in [0.05, 0.1) is 43.6 Å². The van der Waals surface area contributed by atoms with E-state index in [4.69, 9.17) is 37.4 Å². The fraction of sp³-hybridized carbons (Fsp3) is 0.238. The third kappa shape index (κ3) is 5.47. The zero-order chi connectivity index (χ0) is 24.1. The molecule has 0 spiro atoms. The maximum absolute atomic E-state index is 12.6. The van der Waals surface area contributed by atoms with Gasteiger partial charge in [-0.2, -0.15) is 9.78 Å². The Kier molecular flexibility index (Phi) is 7.62. The molecule has 0 saturated heterocycles. The van der Waals surface area contributed by atoms with Gasteiger partial charge in [0.15, 0.2) is 17.3 Å². The number of carbonyl (C=O) groups is 2. The molecule has 10 nitrogen and oxygen atoms in total. The van der Waals surface area contributed by atoms with Crippen LogP contribution >= 0.6 is 23.2 Å². The Morgan fingerprint density at radius 1 is 1.03 bits per heavy atom. The van der Waals surface area contributed by atoms with Gasteiger partial charge in [0.2, 0.25) is 11.7 Å². The zero-order valence-electron chi connectivity index (χ0n) is 18.2. The summed E-state index contributed by atoms with van der Waals surface area (Å²) < 4.78 is 17.1. The van der Waals surface area contributed by atoms with E-state index in [0.717, 1.165) is 0 Å². The molecule has 174 valence electrons. The minimum absolute atomic E-state index is 0.232. The second-order valence-corrected chi connectivity index (χ2v) is 7.53. The Bertz CT molecular complexity index is 1170. The molecule has 0 radical (unpaired) electrons. The van der Waals surface area contributed by atoms with Gasteiger partial charge in [-0.15, -0.1) is 0 Å². The van der Waals surface area contributed by atoms with Gasteiger partial charge in [0.1, 0.15) is 5.82 Å². The molecule has 2 heterocycles. The summed E-state index contributed by atoms with van der Waals surface area (Å²) in [5.41, 5.74) is 0.856. The molecule has 0 saturated carbocycles. The van der Waals surface area contributed by atoms with Crippen molar-refractivity contribution in [2.45, 2.75) is 6.92 Å². The summed E-state index contributed by atoms with van der Waals surface area (Å²) in [5.74, 6) is 0.629. The van der Waals surface area contributed by atoms with Gasteiger partial charge < -0.3 is 24.8 Å². The molecule has 0 bridgehead atoms. The fourth-order valence-electron chi connectivity index (χ4n) is 2.98. The number of benzene rings is 1. The van der Waals surface area contributed by atoms with E-state index in [-0.39, 0.29) is 17.1 Å². The first-order valence-electron chi connectivity index (χ1n) is 9.53. The highest BCUT2D eigenvalue weighted by Gasteiger charge is 2.19. The summed E-state index contributed by atoms with van der Waals surface area (Å²) in [6.45, 7) is 1.45. The second kappa shape index (κ2) is 10.4. The molecule has 33 heavy (non-hydrogen) atoms. The number of nitrogens with zero attached hydrogens (tertiary/aromatic N) is 3. The highest BCUT2D eigenvalue weighted by Crippen LogP contribution is 2.38. The van der Waals surface area contributed by atoms with Crippen LogP contribution in [0.3, 0.4) is 0 Å². The molecule has 2 aromatic heterocycles. The Balaban J connectivity index is 1.72. The van der Waals surface area contributed by atoms with Crippen LogP contribution in [0.1, 0.15) is 16.1 Å². The van der Waals surface area contributed by atoms with Gasteiger partial charge in [-0.25, -0.2) is 4.98 Å². The monoisotopic (exact) mass is 493 g/mol. The highest BCUT2D eigenvalue weighted by molar-refractivity contribution is 6.35. The van der Waals surface area contributed by atoms with Gasteiger partial charge in [-0.05, 0) is 25.1 Å². The number of pyridine rings is 1. The standard InChI is InChI=1S/C21H21Cl2N5O5/c1-11-5-17(28(27-11)20-14(23)8-13(22)9-24-20)26-18(29)10-25-21(30)12-6-15(31-2)19(33-4)16(7-12)32-3/h5-9H,10H2,1-4H3,(H,25,30)(H,26,29). The summed E-state index contributed by atoms with van der Waals surface area (Å²) >= 11 is 12.1. The highest BCUT2D eigenvalue weighted by atomic mass is 35.5. The quantitative estimate of drug-likeness (QED) is 0.494. The summed E-state index contributed by atoms with van der Waals surface area (Å²) in [6, 6.07) is 6.14. The third-order valence-corrected chi connectivity index (χ3v) is 4.91. The number of aromatic nitrogens is 3. The Morgan fingerprint density at radius 2 is 1.70 bits per heavy atom. The summed E-state index contributed by atoms with van der Waals surface area (Å²) in [4.78, 5) is 29.3. The second-order valence-electron chi connectivity index (χ2n) is 6.69. The van der Waals surface area contributed by atoms with Crippen molar-refractivity contribution in [2.75, 3.05) is 33.2 Å². The SMILES string of the molecule is COc1cc(C(=O)NCC(=O)Nc2cc(C)nn2-c2ncc(Cl)cc2Cl)cc(OC)c1OC. The van der Waals surface area contributed by atoms with Crippen LogP contribution in [-0.4, -0.2) is 54.5 Å². The number of hydrogen-bond acceptors (Lipinski definition) is 7. The smallest absolute Gasteiger partial charge is 0.251 e. The van der Waals surface area contributed by atoms with Crippen molar-refractivity contribution in [2.24, 2.45) is 0 Å². The zero-order valence-corrected chi connectivity index (χ0v) is 19.7. The van der Waals surface area contributed by atoms with E-state index in [1.807, 2.05) is 0 Å². The molecule has 1 aromatic carbocycles. The van der Waals surface area contributed by atoms with Crippen molar-refractivity contribution in [1.82, 2.24) is 20.1 Å². The van der Waals surface area contributed by atoms with E-state index in [9.17, 15) is 9.59 Å². The predicted octanol–water partition coefficient (Wildman–Crippen LogP) is 3.28. The van der Waals surface area contributed by atoms with Crippen LogP contribution in [0.2, 0.25) is 10.0 Å². The molecule has 0 fully saturated rings. The Morgan fingerprint density at radius 3 is 2.27 bits per heavy atom. The predicted molar refractivity (Wildman–Crippen MR) is 123 cm³/mol. The van der Waals surface area contributed by atoms with Crippen molar-refractivity contribution < 1.29 is 23.8 Å². The van der Waals surface area contributed by atoms with E-state index in [1.54, 1.807) is 13.0 Å². The van der Waals surface area contributed by atoms with Gasteiger partial charge in [-0.3, -0.25) is 9.59 Å². The maximum Gasteiger partial charge on any atom is 0.251 e. The molecule has 0 atom stereocenters. The fourth-order valence-corrected chi connectivity index (χ4v) is 3.44. The lowest BCUT2D eigenvalue weighted by molar-refractivity contribution is -0.115. The molecule has 0 aliphatic carbocycles. The molecule has 0 unspecified atom stereocenters. The van der Waals surface area contributed by atoms with Crippen LogP contribution in [-0.2, 0) is 4.79 Å². The molecule has 12 heteroatoms. The van der Waals surface area contributed by atoms with Gasteiger partial charge in [0, 0.05) is 17.8 Å². The lowest BCUT2D eigenvalue weighted by atomic mass is 10.1. The molecule has 0 aliphatic heterocycles. The van der Waals surface area contributed by atoms with E-state index < -0.39 is 11.8 Å². The lowest BCUT2D eigenvalue weighted by Crippen LogP contribution is -2.33. The van der Waals surface area contributed by atoms with Gasteiger partial charge in [0.25, 0.3) is 5.91 Å². The molecule has 2 amide bonds. The van der Waals surface area contributed by atoms with Crippen LogP contribution in [0.5, 0.6) is 17.2 Å². The van der Waals surface area contributed by atoms with Crippen molar-refractivity contribution in [1.29, 1.82) is 0 Å². The number of carbonyl (C=O) groups excluding carboxylic acids is 2. The topological polar surface area (TPSA) is 117 Å². The summed E-state index contributed by atoms with van der Waals surface area (Å²) in [7, 11) is 4.35. The van der Waals surface area contributed by atoms with Crippen LogP contribution in [0, 0.1) is 6.92 Å².